The third-order valence-corrected chi connectivity index (χ3v) is 2.45. The van der Waals surface area contributed by atoms with Crippen molar-refractivity contribution in [2.24, 2.45) is 0 Å². The SMILES string of the molecule is CC(=O)c1cc(Oc2ccc(F)cc2)ccc1N. The van der Waals surface area contributed by atoms with Crippen LogP contribution in [0.25, 0.3) is 0 Å². The predicted molar refractivity (Wildman–Crippen MR) is 67.3 cm³/mol. The lowest BCUT2D eigenvalue weighted by atomic mass is 10.1. The fraction of sp³-hybridized carbons (Fsp3) is 0.0714. The van der Waals surface area contributed by atoms with Crippen LogP contribution in [0.3, 0.4) is 0 Å². The van der Waals surface area contributed by atoms with Crippen molar-refractivity contribution in [3.63, 3.8) is 0 Å². The molecule has 0 fully saturated rings. The topological polar surface area (TPSA) is 52.3 Å². The summed E-state index contributed by atoms with van der Waals surface area (Å²) in [6, 6.07) is 10.5. The van der Waals surface area contributed by atoms with E-state index in [-0.39, 0.29) is 11.6 Å². The van der Waals surface area contributed by atoms with E-state index >= 15 is 0 Å². The van der Waals surface area contributed by atoms with E-state index in [0.29, 0.717) is 22.7 Å². The molecule has 0 bridgehead atoms. The molecule has 2 rings (SSSR count). The van der Waals surface area contributed by atoms with Crippen LogP contribution in [0, 0.1) is 5.82 Å². The number of ether oxygens (including phenoxy) is 1. The summed E-state index contributed by atoms with van der Waals surface area (Å²) in [5, 5.41) is 0. The molecule has 0 aliphatic carbocycles. The summed E-state index contributed by atoms with van der Waals surface area (Å²) in [5.41, 5.74) is 6.50. The molecule has 0 saturated carbocycles. The van der Waals surface area contributed by atoms with Gasteiger partial charge < -0.3 is 10.5 Å². The zero-order valence-corrected chi connectivity index (χ0v) is 9.81. The zero-order valence-electron chi connectivity index (χ0n) is 9.81. The van der Waals surface area contributed by atoms with Gasteiger partial charge in [0.05, 0.1) is 0 Å². The lowest BCUT2D eigenvalue weighted by molar-refractivity contribution is 0.101. The number of anilines is 1. The first-order valence-electron chi connectivity index (χ1n) is 5.40. The van der Waals surface area contributed by atoms with Crippen LogP contribution in [0.1, 0.15) is 17.3 Å². The Hall–Kier alpha value is -2.36. The number of nitrogen functional groups attached to an aromatic ring is 1. The monoisotopic (exact) mass is 245 g/mol. The number of hydrogen-bond acceptors (Lipinski definition) is 3. The summed E-state index contributed by atoms with van der Waals surface area (Å²) in [5.74, 6) is 0.526. The Morgan fingerprint density at radius 3 is 2.33 bits per heavy atom. The average Bonchev–Trinajstić information content (AvgIpc) is 2.34. The molecule has 2 N–H and O–H groups in total. The Bertz CT molecular complexity index is 579. The van der Waals surface area contributed by atoms with Gasteiger partial charge in [0.1, 0.15) is 17.3 Å². The minimum Gasteiger partial charge on any atom is -0.457 e. The quantitative estimate of drug-likeness (QED) is 0.666. The van der Waals surface area contributed by atoms with Gasteiger partial charge in [0.25, 0.3) is 0 Å². The van der Waals surface area contributed by atoms with Crippen LogP contribution in [-0.4, -0.2) is 5.78 Å². The maximum atomic E-state index is 12.7. The number of rotatable bonds is 3. The summed E-state index contributed by atoms with van der Waals surface area (Å²) in [7, 11) is 0. The van der Waals surface area contributed by atoms with Crippen LogP contribution < -0.4 is 10.5 Å². The second-order valence-electron chi connectivity index (χ2n) is 3.86. The molecule has 0 aromatic heterocycles. The molecule has 18 heavy (non-hydrogen) atoms. The van der Waals surface area contributed by atoms with E-state index in [1.807, 2.05) is 0 Å². The molecule has 0 saturated heterocycles. The molecule has 0 heterocycles. The lowest BCUT2D eigenvalue weighted by Gasteiger charge is -2.08. The Kier molecular flexibility index (Phi) is 3.28. The summed E-state index contributed by atoms with van der Waals surface area (Å²) < 4.78 is 18.2. The van der Waals surface area contributed by atoms with Crippen molar-refractivity contribution in [1.82, 2.24) is 0 Å². The highest BCUT2D eigenvalue weighted by Gasteiger charge is 2.07. The van der Waals surface area contributed by atoms with Crippen molar-refractivity contribution in [2.45, 2.75) is 6.92 Å². The Labute approximate surface area is 104 Å². The first-order valence-corrected chi connectivity index (χ1v) is 5.40. The molecule has 0 spiro atoms. The van der Waals surface area contributed by atoms with Gasteiger partial charge in [-0.2, -0.15) is 0 Å². The third kappa shape index (κ3) is 2.66. The Morgan fingerprint density at radius 1 is 1.11 bits per heavy atom. The van der Waals surface area contributed by atoms with Crippen LogP contribution in [0.4, 0.5) is 10.1 Å². The average molecular weight is 245 g/mol. The third-order valence-electron chi connectivity index (χ3n) is 2.45. The minimum absolute atomic E-state index is 0.128. The van der Waals surface area contributed by atoms with E-state index in [1.165, 1.54) is 31.2 Å². The normalized spacial score (nSPS) is 10.1. The molecule has 2 aromatic carbocycles. The minimum atomic E-state index is -0.330. The largest absolute Gasteiger partial charge is 0.457 e. The van der Waals surface area contributed by atoms with E-state index in [9.17, 15) is 9.18 Å². The summed E-state index contributed by atoms with van der Waals surface area (Å²) in [6.07, 6.45) is 0. The first-order chi connectivity index (χ1) is 8.56. The van der Waals surface area contributed by atoms with Crippen LogP contribution in [0.5, 0.6) is 11.5 Å². The van der Waals surface area contributed by atoms with Gasteiger partial charge in [0.2, 0.25) is 0 Å². The zero-order chi connectivity index (χ0) is 13.1. The van der Waals surface area contributed by atoms with Crippen LogP contribution in [0.2, 0.25) is 0 Å². The summed E-state index contributed by atoms with van der Waals surface area (Å²) >= 11 is 0. The summed E-state index contributed by atoms with van der Waals surface area (Å²) in [6.45, 7) is 1.44. The van der Waals surface area contributed by atoms with Gasteiger partial charge in [-0.25, -0.2) is 4.39 Å². The molecular formula is C14H12FNO2. The van der Waals surface area contributed by atoms with Gasteiger partial charge in [0, 0.05) is 11.3 Å². The highest BCUT2D eigenvalue weighted by molar-refractivity contribution is 5.99. The molecule has 3 nitrogen and oxygen atoms in total. The number of ketones is 1. The number of hydrogen-bond donors (Lipinski definition) is 1. The maximum Gasteiger partial charge on any atom is 0.162 e. The number of Topliss-reactive ketones (excluding diaryl/α,β-unsaturated/α-hetero) is 1. The standard InChI is InChI=1S/C14H12FNO2/c1-9(17)13-8-12(6-7-14(13)16)18-11-4-2-10(15)3-5-11/h2-8H,16H2,1H3. The fourth-order valence-corrected chi connectivity index (χ4v) is 1.54. The number of benzene rings is 2. The van der Waals surface area contributed by atoms with Crippen LogP contribution in [-0.2, 0) is 0 Å². The lowest BCUT2D eigenvalue weighted by Crippen LogP contribution is -1.99. The van der Waals surface area contributed by atoms with E-state index in [4.69, 9.17) is 10.5 Å². The number of carbonyl (C=O) groups is 1. The second-order valence-corrected chi connectivity index (χ2v) is 3.86. The van der Waals surface area contributed by atoms with Gasteiger partial charge in [-0.3, -0.25) is 4.79 Å². The van der Waals surface area contributed by atoms with Gasteiger partial charge >= 0.3 is 0 Å². The second kappa shape index (κ2) is 4.87. The Morgan fingerprint density at radius 2 is 1.72 bits per heavy atom. The van der Waals surface area contributed by atoms with Crippen molar-refractivity contribution in [3.8, 4) is 11.5 Å². The van der Waals surface area contributed by atoms with Crippen LogP contribution in [0.15, 0.2) is 42.5 Å². The summed E-state index contributed by atoms with van der Waals surface area (Å²) in [4.78, 5) is 11.3. The predicted octanol–water partition coefficient (Wildman–Crippen LogP) is 3.40. The smallest absolute Gasteiger partial charge is 0.162 e. The van der Waals surface area contributed by atoms with Crippen LogP contribution >= 0.6 is 0 Å². The molecule has 0 unspecified atom stereocenters. The molecule has 4 heteroatoms. The Balaban J connectivity index is 2.27. The highest BCUT2D eigenvalue weighted by atomic mass is 19.1. The van der Waals surface area contributed by atoms with Crippen molar-refractivity contribution in [1.29, 1.82) is 0 Å². The van der Waals surface area contributed by atoms with Gasteiger partial charge in [-0.1, -0.05) is 0 Å². The van der Waals surface area contributed by atoms with E-state index in [2.05, 4.69) is 0 Å². The van der Waals surface area contributed by atoms with E-state index in [1.54, 1.807) is 18.2 Å². The van der Waals surface area contributed by atoms with Gasteiger partial charge in [0.15, 0.2) is 5.78 Å². The molecular weight excluding hydrogens is 233 g/mol. The van der Waals surface area contributed by atoms with E-state index in [0.717, 1.165) is 0 Å². The van der Waals surface area contributed by atoms with E-state index < -0.39 is 0 Å². The van der Waals surface area contributed by atoms with Gasteiger partial charge in [-0.15, -0.1) is 0 Å². The highest BCUT2D eigenvalue weighted by Crippen LogP contribution is 2.25. The molecule has 0 radical (unpaired) electrons. The molecule has 0 aliphatic rings. The van der Waals surface area contributed by atoms with Crippen molar-refractivity contribution in [2.75, 3.05) is 5.73 Å². The van der Waals surface area contributed by atoms with Crippen molar-refractivity contribution < 1.29 is 13.9 Å². The molecule has 0 aliphatic heterocycles. The van der Waals surface area contributed by atoms with Gasteiger partial charge in [-0.05, 0) is 49.4 Å². The first kappa shape index (κ1) is 12.1. The molecule has 0 amide bonds. The number of halogens is 1. The van der Waals surface area contributed by atoms with Crippen molar-refractivity contribution in [3.05, 3.63) is 53.8 Å². The molecule has 0 atom stereocenters. The fourth-order valence-electron chi connectivity index (χ4n) is 1.54. The molecule has 92 valence electrons. The van der Waals surface area contributed by atoms with Crippen molar-refractivity contribution >= 4 is 11.5 Å². The molecule has 2 aromatic rings. The number of carbonyl (C=O) groups excluding carboxylic acids is 1. The number of nitrogens with two attached hydrogens (primary N) is 1. The maximum absolute atomic E-state index is 12.7.